The van der Waals surface area contributed by atoms with Crippen LogP contribution in [0, 0.1) is 13.8 Å². The molecular weight excluding hydrogens is 238 g/mol. The number of carbonyl (C=O) groups is 1. The Hall–Kier alpha value is -1.55. The number of benzene rings is 1. The topological polar surface area (TPSA) is 35.6 Å². The molecule has 3 rings (SSSR count). The lowest BCUT2D eigenvalue weighted by Gasteiger charge is -2.24. The first kappa shape index (κ1) is 12.5. The van der Waals surface area contributed by atoms with Gasteiger partial charge in [0.2, 0.25) is 0 Å². The molecule has 4 heteroatoms. The zero-order valence-electron chi connectivity index (χ0n) is 11.6. The lowest BCUT2D eigenvalue weighted by molar-refractivity contribution is 0.205. The van der Waals surface area contributed by atoms with Crippen LogP contribution < -0.4 is 10.2 Å². The van der Waals surface area contributed by atoms with E-state index in [4.69, 9.17) is 0 Å². The minimum atomic E-state index is 0.165. The van der Waals surface area contributed by atoms with E-state index in [-0.39, 0.29) is 6.03 Å². The van der Waals surface area contributed by atoms with Crippen LogP contribution in [-0.4, -0.2) is 43.2 Å². The SMILES string of the molecule is Cc1cc(C)cc(N2CCN(C3CCNC3)C2=O)c1. The Labute approximate surface area is 114 Å². The van der Waals surface area contributed by atoms with Gasteiger partial charge in [-0.2, -0.15) is 0 Å². The van der Waals surface area contributed by atoms with Crippen LogP contribution in [0.2, 0.25) is 0 Å². The lowest BCUT2D eigenvalue weighted by Crippen LogP contribution is -2.40. The van der Waals surface area contributed by atoms with Crippen LogP contribution in [0.4, 0.5) is 10.5 Å². The summed E-state index contributed by atoms with van der Waals surface area (Å²) in [6, 6.07) is 6.88. The molecule has 0 aromatic heterocycles. The normalized spacial score (nSPS) is 23.5. The van der Waals surface area contributed by atoms with E-state index in [2.05, 4.69) is 37.4 Å². The van der Waals surface area contributed by atoms with Crippen LogP contribution in [0.3, 0.4) is 0 Å². The van der Waals surface area contributed by atoms with Gasteiger partial charge in [0.05, 0.1) is 0 Å². The van der Waals surface area contributed by atoms with Gasteiger partial charge in [0.1, 0.15) is 0 Å². The van der Waals surface area contributed by atoms with E-state index in [1.54, 1.807) is 0 Å². The second-order valence-electron chi connectivity index (χ2n) is 5.62. The molecule has 0 bridgehead atoms. The van der Waals surface area contributed by atoms with Crippen molar-refractivity contribution in [1.82, 2.24) is 10.2 Å². The van der Waals surface area contributed by atoms with Gasteiger partial charge in [-0.15, -0.1) is 0 Å². The van der Waals surface area contributed by atoms with Crippen LogP contribution in [-0.2, 0) is 0 Å². The highest BCUT2D eigenvalue weighted by atomic mass is 16.2. The Morgan fingerprint density at radius 1 is 1.16 bits per heavy atom. The predicted octanol–water partition coefficient (Wildman–Crippen LogP) is 1.91. The number of amides is 2. The summed E-state index contributed by atoms with van der Waals surface area (Å²) in [7, 11) is 0. The fourth-order valence-electron chi connectivity index (χ4n) is 3.14. The molecule has 2 heterocycles. The smallest absolute Gasteiger partial charge is 0.318 e. The van der Waals surface area contributed by atoms with Crippen LogP contribution in [0.1, 0.15) is 17.5 Å². The maximum Gasteiger partial charge on any atom is 0.324 e. The molecule has 1 N–H and O–H groups in total. The van der Waals surface area contributed by atoms with Crippen LogP contribution in [0.5, 0.6) is 0 Å². The molecule has 4 nitrogen and oxygen atoms in total. The number of nitrogens with one attached hydrogen (secondary N) is 1. The van der Waals surface area contributed by atoms with E-state index in [1.807, 2.05) is 9.80 Å². The Morgan fingerprint density at radius 2 is 1.89 bits per heavy atom. The summed E-state index contributed by atoms with van der Waals surface area (Å²) in [6.07, 6.45) is 1.08. The first-order chi connectivity index (χ1) is 9.15. The molecule has 2 saturated heterocycles. The van der Waals surface area contributed by atoms with Crippen LogP contribution in [0.15, 0.2) is 18.2 Å². The van der Waals surface area contributed by atoms with Crippen LogP contribution in [0.25, 0.3) is 0 Å². The van der Waals surface area contributed by atoms with E-state index in [0.717, 1.165) is 38.3 Å². The molecule has 1 atom stereocenters. The fourth-order valence-corrected chi connectivity index (χ4v) is 3.14. The van der Waals surface area contributed by atoms with Gasteiger partial charge in [-0.05, 0) is 50.1 Å². The maximum absolute atomic E-state index is 12.5. The van der Waals surface area contributed by atoms with Gasteiger partial charge < -0.3 is 10.2 Å². The molecule has 2 aliphatic rings. The molecule has 102 valence electrons. The van der Waals surface area contributed by atoms with Crippen molar-refractivity contribution >= 4 is 11.7 Å². The maximum atomic E-state index is 12.5. The van der Waals surface area contributed by atoms with E-state index in [0.29, 0.717) is 6.04 Å². The average molecular weight is 259 g/mol. The summed E-state index contributed by atoms with van der Waals surface area (Å²) >= 11 is 0. The number of aryl methyl sites for hydroxylation is 2. The molecule has 2 fully saturated rings. The highest BCUT2D eigenvalue weighted by Gasteiger charge is 2.35. The predicted molar refractivity (Wildman–Crippen MR) is 76.6 cm³/mol. The van der Waals surface area contributed by atoms with E-state index < -0.39 is 0 Å². The zero-order chi connectivity index (χ0) is 13.4. The highest BCUT2D eigenvalue weighted by molar-refractivity contribution is 5.94. The molecule has 0 aliphatic carbocycles. The number of hydrogen-bond donors (Lipinski definition) is 1. The molecule has 0 radical (unpaired) electrons. The van der Waals surface area contributed by atoms with Crippen molar-refractivity contribution in [3.05, 3.63) is 29.3 Å². The van der Waals surface area contributed by atoms with Crippen molar-refractivity contribution < 1.29 is 4.79 Å². The second kappa shape index (κ2) is 4.85. The van der Waals surface area contributed by atoms with Gasteiger partial charge in [-0.25, -0.2) is 4.79 Å². The highest BCUT2D eigenvalue weighted by Crippen LogP contribution is 2.25. The van der Waals surface area contributed by atoms with Gasteiger partial charge in [0.25, 0.3) is 0 Å². The number of nitrogens with zero attached hydrogens (tertiary/aromatic N) is 2. The largest absolute Gasteiger partial charge is 0.324 e. The molecule has 1 unspecified atom stereocenters. The second-order valence-corrected chi connectivity index (χ2v) is 5.62. The molecular formula is C15H21N3O. The summed E-state index contributed by atoms with van der Waals surface area (Å²) in [5, 5.41) is 3.33. The molecule has 0 saturated carbocycles. The Balaban J connectivity index is 1.81. The van der Waals surface area contributed by atoms with Crippen molar-refractivity contribution in [3.8, 4) is 0 Å². The van der Waals surface area contributed by atoms with Gasteiger partial charge in [0.15, 0.2) is 0 Å². The Morgan fingerprint density at radius 3 is 2.53 bits per heavy atom. The summed E-state index contributed by atoms with van der Waals surface area (Å²) < 4.78 is 0. The number of urea groups is 1. The Bertz CT molecular complexity index is 474. The van der Waals surface area contributed by atoms with Crippen molar-refractivity contribution in [2.75, 3.05) is 31.1 Å². The quantitative estimate of drug-likeness (QED) is 0.880. The fraction of sp³-hybridized carbons (Fsp3) is 0.533. The van der Waals surface area contributed by atoms with Gasteiger partial charge in [0, 0.05) is 31.4 Å². The third kappa shape index (κ3) is 2.32. The van der Waals surface area contributed by atoms with E-state index >= 15 is 0 Å². The number of rotatable bonds is 2. The summed E-state index contributed by atoms with van der Waals surface area (Å²) in [6.45, 7) is 7.77. The van der Waals surface area contributed by atoms with E-state index in [9.17, 15) is 4.79 Å². The van der Waals surface area contributed by atoms with Gasteiger partial charge in [-0.3, -0.25) is 4.90 Å². The third-order valence-electron chi connectivity index (χ3n) is 4.03. The first-order valence-corrected chi connectivity index (χ1v) is 7.02. The molecule has 1 aromatic rings. The molecule has 2 amide bonds. The number of hydrogen-bond acceptors (Lipinski definition) is 2. The monoisotopic (exact) mass is 259 g/mol. The Kier molecular flexibility index (Phi) is 3.19. The van der Waals surface area contributed by atoms with Crippen molar-refractivity contribution in [1.29, 1.82) is 0 Å². The number of anilines is 1. The average Bonchev–Trinajstić information content (AvgIpc) is 2.96. The lowest BCUT2D eigenvalue weighted by atomic mass is 10.1. The van der Waals surface area contributed by atoms with Crippen molar-refractivity contribution in [3.63, 3.8) is 0 Å². The van der Waals surface area contributed by atoms with Crippen LogP contribution >= 0.6 is 0 Å². The summed E-state index contributed by atoms with van der Waals surface area (Å²) in [5.74, 6) is 0. The first-order valence-electron chi connectivity index (χ1n) is 7.02. The summed E-state index contributed by atoms with van der Waals surface area (Å²) in [5.41, 5.74) is 3.46. The standard InChI is InChI=1S/C15H21N3O/c1-11-7-12(2)9-14(8-11)18-6-5-17(15(18)19)13-3-4-16-10-13/h7-9,13,16H,3-6,10H2,1-2H3. The van der Waals surface area contributed by atoms with E-state index in [1.165, 1.54) is 11.1 Å². The molecule has 0 spiro atoms. The zero-order valence-corrected chi connectivity index (χ0v) is 11.6. The third-order valence-corrected chi connectivity index (χ3v) is 4.03. The minimum absolute atomic E-state index is 0.165. The van der Waals surface area contributed by atoms with Gasteiger partial charge >= 0.3 is 6.03 Å². The van der Waals surface area contributed by atoms with Crippen molar-refractivity contribution in [2.24, 2.45) is 0 Å². The van der Waals surface area contributed by atoms with Gasteiger partial charge in [-0.1, -0.05) is 6.07 Å². The van der Waals surface area contributed by atoms with Crippen molar-refractivity contribution in [2.45, 2.75) is 26.3 Å². The molecule has 19 heavy (non-hydrogen) atoms. The summed E-state index contributed by atoms with van der Waals surface area (Å²) in [4.78, 5) is 16.5. The molecule has 1 aromatic carbocycles. The minimum Gasteiger partial charge on any atom is -0.318 e. The molecule has 2 aliphatic heterocycles. The number of carbonyl (C=O) groups excluding carboxylic acids is 1.